The van der Waals surface area contributed by atoms with E-state index in [1.807, 2.05) is 30.1 Å². The van der Waals surface area contributed by atoms with Crippen molar-refractivity contribution in [2.24, 2.45) is 0 Å². The summed E-state index contributed by atoms with van der Waals surface area (Å²) in [5, 5.41) is 9.25. The van der Waals surface area contributed by atoms with Crippen molar-refractivity contribution in [2.75, 3.05) is 27.2 Å². The molecule has 3 nitrogen and oxygen atoms in total. The van der Waals surface area contributed by atoms with Gasteiger partial charge in [0.2, 0.25) is 0 Å². The highest BCUT2D eigenvalue weighted by molar-refractivity contribution is 6.30. The number of nitriles is 1. The van der Waals surface area contributed by atoms with Crippen LogP contribution in [-0.2, 0) is 6.42 Å². The van der Waals surface area contributed by atoms with Gasteiger partial charge in [0.15, 0.2) is 0 Å². The van der Waals surface area contributed by atoms with Gasteiger partial charge in [0.1, 0.15) is 5.75 Å². The molecule has 1 aromatic carbocycles. The average Bonchev–Trinajstić information content (AvgIpc) is 2.27. The second kappa shape index (κ2) is 6.37. The molecular formula is C12H15ClN2O. The number of rotatable bonds is 5. The van der Waals surface area contributed by atoms with Crippen LogP contribution >= 0.6 is 11.6 Å². The topological polar surface area (TPSA) is 36.3 Å². The third-order valence-corrected chi connectivity index (χ3v) is 2.58. The van der Waals surface area contributed by atoms with Gasteiger partial charge < -0.3 is 4.74 Å². The lowest BCUT2D eigenvalue weighted by Crippen LogP contribution is -2.21. The summed E-state index contributed by atoms with van der Waals surface area (Å²) in [5.74, 6) is 0.842. The summed E-state index contributed by atoms with van der Waals surface area (Å²) in [6, 6.07) is 7.69. The molecule has 1 aromatic rings. The van der Waals surface area contributed by atoms with Crippen molar-refractivity contribution in [2.45, 2.75) is 6.42 Å². The summed E-state index contributed by atoms with van der Waals surface area (Å²) in [4.78, 5) is 1.96. The lowest BCUT2D eigenvalue weighted by atomic mass is 10.1. The maximum Gasteiger partial charge on any atom is 0.122 e. The van der Waals surface area contributed by atoms with E-state index in [9.17, 15) is 0 Å². The van der Waals surface area contributed by atoms with E-state index in [1.165, 1.54) is 0 Å². The number of hydrogen-bond donors (Lipinski definition) is 0. The Labute approximate surface area is 101 Å². The van der Waals surface area contributed by atoms with Crippen LogP contribution in [0.5, 0.6) is 5.75 Å². The summed E-state index contributed by atoms with van der Waals surface area (Å²) in [6.45, 7) is 1.24. The molecule has 0 aliphatic carbocycles. The highest BCUT2D eigenvalue weighted by Gasteiger charge is 2.05. The average molecular weight is 239 g/mol. The monoisotopic (exact) mass is 238 g/mol. The van der Waals surface area contributed by atoms with E-state index in [4.69, 9.17) is 21.6 Å². The summed E-state index contributed by atoms with van der Waals surface area (Å²) in [5.41, 5.74) is 1.07. The fourth-order valence-electron chi connectivity index (χ4n) is 1.45. The largest absolute Gasteiger partial charge is 0.496 e. The second-order valence-corrected chi connectivity index (χ2v) is 4.04. The number of hydrogen-bond acceptors (Lipinski definition) is 3. The van der Waals surface area contributed by atoms with Crippen LogP contribution in [-0.4, -0.2) is 32.1 Å². The zero-order chi connectivity index (χ0) is 12.0. The molecule has 16 heavy (non-hydrogen) atoms. The Morgan fingerprint density at radius 1 is 1.50 bits per heavy atom. The number of ether oxygens (including phenoxy) is 1. The van der Waals surface area contributed by atoms with E-state index in [0.717, 1.165) is 24.3 Å². The maximum absolute atomic E-state index is 8.54. The van der Waals surface area contributed by atoms with Crippen LogP contribution in [0.3, 0.4) is 0 Å². The predicted molar refractivity (Wildman–Crippen MR) is 64.8 cm³/mol. The van der Waals surface area contributed by atoms with Crippen LogP contribution in [0.15, 0.2) is 18.2 Å². The van der Waals surface area contributed by atoms with Crippen molar-refractivity contribution in [3.8, 4) is 11.8 Å². The zero-order valence-electron chi connectivity index (χ0n) is 9.53. The molecule has 0 saturated carbocycles. The zero-order valence-corrected chi connectivity index (χ0v) is 10.3. The van der Waals surface area contributed by atoms with Crippen LogP contribution in [0.25, 0.3) is 0 Å². The Kier molecular flexibility index (Phi) is 5.10. The molecule has 86 valence electrons. The van der Waals surface area contributed by atoms with Gasteiger partial charge in [0.25, 0.3) is 0 Å². The Morgan fingerprint density at radius 2 is 2.25 bits per heavy atom. The minimum atomic E-state index is 0.433. The van der Waals surface area contributed by atoms with Crippen molar-refractivity contribution in [3.05, 3.63) is 28.8 Å². The van der Waals surface area contributed by atoms with E-state index in [0.29, 0.717) is 11.6 Å². The predicted octanol–water partition coefficient (Wildman–Crippen LogP) is 2.35. The minimum Gasteiger partial charge on any atom is -0.496 e. The first-order valence-electron chi connectivity index (χ1n) is 5.05. The van der Waals surface area contributed by atoms with Crippen LogP contribution in [0, 0.1) is 11.3 Å². The molecule has 0 heterocycles. The van der Waals surface area contributed by atoms with Gasteiger partial charge in [-0.25, -0.2) is 0 Å². The normalized spacial score (nSPS) is 10.2. The van der Waals surface area contributed by atoms with Crippen molar-refractivity contribution >= 4 is 11.6 Å². The Morgan fingerprint density at radius 3 is 2.88 bits per heavy atom. The first kappa shape index (κ1) is 12.8. The quantitative estimate of drug-likeness (QED) is 0.739. The molecule has 0 aromatic heterocycles. The van der Waals surface area contributed by atoms with E-state index < -0.39 is 0 Å². The van der Waals surface area contributed by atoms with Gasteiger partial charge in [0, 0.05) is 11.6 Å². The molecule has 1 rings (SSSR count). The summed E-state index contributed by atoms with van der Waals surface area (Å²) in [6.07, 6.45) is 0.821. The highest BCUT2D eigenvalue weighted by atomic mass is 35.5. The number of likely N-dealkylation sites (N-methyl/N-ethyl adjacent to an activating group) is 1. The van der Waals surface area contributed by atoms with Gasteiger partial charge in [-0.15, -0.1) is 0 Å². The highest BCUT2D eigenvalue weighted by Crippen LogP contribution is 2.23. The van der Waals surface area contributed by atoms with Crippen LogP contribution in [0.1, 0.15) is 5.56 Å². The molecule has 0 aliphatic heterocycles. The Balaban J connectivity index is 2.65. The van der Waals surface area contributed by atoms with Gasteiger partial charge in [-0.3, -0.25) is 4.90 Å². The first-order chi connectivity index (χ1) is 7.67. The Bertz CT molecular complexity index is 387. The fourth-order valence-corrected chi connectivity index (χ4v) is 1.65. The van der Waals surface area contributed by atoms with Gasteiger partial charge in [0.05, 0.1) is 19.7 Å². The smallest absolute Gasteiger partial charge is 0.122 e. The number of nitrogens with zero attached hydrogens (tertiary/aromatic N) is 2. The van der Waals surface area contributed by atoms with Crippen LogP contribution < -0.4 is 4.74 Å². The number of benzene rings is 1. The van der Waals surface area contributed by atoms with E-state index in [-0.39, 0.29) is 0 Å². The molecule has 0 N–H and O–H groups in total. The molecule has 0 bridgehead atoms. The maximum atomic E-state index is 8.54. The van der Waals surface area contributed by atoms with Crippen molar-refractivity contribution in [3.63, 3.8) is 0 Å². The summed E-state index contributed by atoms with van der Waals surface area (Å²) < 4.78 is 5.25. The molecule has 0 spiro atoms. The molecule has 0 radical (unpaired) electrons. The van der Waals surface area contributed by atoms with Gasteiger partial charge in [-0.05, 0) is 37.2 Å². The molecule has 0 unspecified atom stereocenters. The molecule has 4 heteroatoms. The molecule has 0 atom stereocenters. The molecular weight excluding hydrogens is 224 g/mol. The standard InChI is InChI=1S/C12H15ClN2O/c1-15(8-6-14)7-5-10-9-11(13)3-4-12(10)16-2/h3-4,9H,5,7-8H2,1-2H3. The molecule has 0 saturated heterocycles. The summed E-state index contributed by atoms with van der Waals surface area (Å²) in [7, 11) is 3.56. The number of halogens is 1. The Hall–Kier alpha value is -1.24. The molecule has 0 fully saturated rings. The van der Waals surface area contributed by atoms with Gasteiger partial charge in [-0.2, -0.15) is 5.26 Å². The van der Waals surface area contributed by atoms with E-state index in [2.05, 4.69) is 6.07 Å². The van der Waals surface area contributed by atoms with E-state index >= 15 is 0 Å². The van der Waals surface area contributed by atoms with Crippen molar-refractivity contribution in [1.29, 1.82) is 5.26 Å². The molecule has 0 aliphatic rings. The van der Waals surface area contributed by atoms with E-state index in [1.54, 1.807) is 7.11 Å². The van der Waals surface area contributed by atoms with Crippen LogP contribution in [0.2, 0.25) is 5.02 Å². The minimum absolute atomic E-state index is 0.433. The summed E-state index contributed by atoms with van der Waals surface area (Å²) >= 11 is 5.93. The van der Waals surface area contributed by atoms with Crippen molar-refractivity contribution in [1.82, 2.24) is 4.90 Å². The lowest BCUT2D eigenvalue weighted by Gasteiger charge is -2.14. The second-order valence-electron chi connectivity index (χ2n) is 3.60. The third kappa shape index (κ3) is 3.73. The SMILES string of the molecule is COc1ccc(Cl)cc1CCN(C)CC#N. The first-order valence-corrected chi connectivity index (χ1v) is 5.43. The number of methoxy groups -OCH3 is 1. The van der Waals surface area contributed by atoms with Crippen LogP contribution in [0.4, 0.5) is 0 Å². The lowest BCUT2D eigenvalue weighted by molar-refractivity contribution is 0.370. The van der Waals surface area contributed by atoms with Gasteiger partial charge in [-0.1, -0.05) is 11.6 Å². The molecule has 0 amide bonds. The van der Waals surface area contributed by atoms with Crippen molar-refractivity contribution < 1.29 is 4.74 Å². The third-order valence-electron chi connectivity index (χ3n) is 2.35. The fraction of sp³-hybridized carbons (Fsp3) is 0.417. The van der Waals surface area contributed by atoms with Gasteiger partial charge >= 0.3 is 0 Å².